The van der Waals surface area contributed by atoms with Crippen molar-refractivity contribution in [3.63, 3.8) is 0 Å². The number of hydrogen-bond acceptors (Lipinski definition) is 5. The second-order valence-electron chi connectivity index (χ2n) is 2.24. The highest BCUT2D eigenvalue weighted by molar-refractivity contribution is 5.84. The number of hydrogen-bond donors (Lipinski definition) is 1. The summed E-state index contributed by atoms with van der Waals surface area (Å²) in [7, 11) is 0. The van der Waals surface area contributed by atoms with Gasteiger partial charge in [0, 0.05) is 0 Å². The highest BCUT2D eigenvalue weighted by Crippen LogP contribution is 1.93. The van der Waals surface area contributed by atoms with Crippen LogP contribution in [0.5, 0.6) is 0 Å². The van der Waals surface area contributed by atoms with Crippen molar-refractivity contribution in [1.82, 2.24) is 20.6 Å². The molecule has 0 aliphatic heterocycles. The van der Waals surface area contributed by atoms with Crippen LogP contribution in [0.4, 0.5) is 0 Å². The Balaban J connectivity index is 2.30. The third-order valence-electron chi connectivity index (χ3n) is 1.27. The van der Waals surface area contributed by atoms with Crippen molar-refractivity contribution in [2.45, 2.75) is 19.8 Å². The van der Waals surface area contributed by atoms with Gasteiger partial charge in [-0.25, -0.2) is 9.89 Å². The van der Waals surface area contributed by atoms with E-state index in [2.05, 4.69) is 20.6 Å². The van der Waals surface area contributed by atoms with Gasteiger partial charge in [-0.2, -0.15) is 0 Å². The fourth-order valence-corrected chi connectivity index (χ4v) is 0.623. The molecule has 0 atom stereocenters. The van der Waals surface area contributed by atoms with Gasteiger partial charge in [0.25, 0.3) is 5.82 Å². The molecule has 0 bridgehead atoms. The molecule has 0 aliphatic carbocycles. The number of tetrazole rings is 1. The van der Waals surface area contributed by atoms with E-state index >= 15 is 0 Å². The second kappa shape index (κ2) is 4.42. The number of nitrogens with one attached hydrogen (secondary N) is 1. The van der Waals surface area contributed by atoms with Crippen LogP contribution in [0.2, 0.25) is 0 Å². The van der Waals surface area contributed by atoms with Crippen LogP contribution in [0.15, 0.2) is 0 Å². The molecule has 1 N–H and O–H groups in total. The van der Waals surface area contributed by atoms with E-state index in [-0.39, 0.29) is 5.82 Å². The molecule has 1 rings (SSSR count). The lowest BCUT2D eigenvalue weighted by molar-refractivity contribution is 0.0485. The van der Waals surface area contributed by atoms with E-state index in [1.807, 2.05) is 6.92 Å². The number of carbonyl (C=O) groups excluding carboxylic acids is 1. The third-order valence-corrected chi connectivity index (χ3v) is 1.27. The Bertz CT molecular complexity index is 234. The van der Waals surface area contributed by atoms with Gasteiger partial charge in [-0.3, -0.25) is 0 Å². The van der Waals surface area contributed by atoms with Crippen molar-refractivity contribution in [3.05, 3.63) is 5.82 Å². The van der Waals surface area contributed by atoms with Crippen LogP contribution in [0.25, 0.3) is 0 Å². The van der Waals surface area contributed by atoms with Crippen molar-refractivity contribution >= 4 is 5.97 Å². The molecule has 0 unspecified atom stereocenters. The predicted molar refractivity (Wildman–Crippen MR) is 39.4 cm³/mol. The van der Waals surface area contributed by atoms with E-state index in [4.69, 9.17) is 4.74 Å². The number of rotatable bonds is 4. The van der Waals surface area contributed by atoms with Crippen molar-refractivity contribution in [2.75, 3.05) is 6.61 Å². The summed E-state index contributed by atoms with van der Waals surface area (Å²) in [5, 5.41) is 12.2. The minimum atomic E-state index is -0.506. The summed E-state index contributed by atoms with van der Waals surface area (Å²) < 4.78 is 4.81. The molecule has 0 saturated carbocycles. The number of ether oxygens (including phenoxy) is 1. The molecule has 0 amide bonds. The van der Waals surface area contributed by atoms with Crippen LogP contribution in [0.3, 0.4) is 0 Å². The molecule has 1 aromatic rings. The summed E-state index contributed by atoms with van der Waals surface area (Å²) in [4.78, 5) is 11.0. The first-order valence-corrected chi connectivity index (χ1v) is 3.75. The smallest absolute Gasteiger partial charge is 0.377 e. The Hall–Kier alpha value is -1.46. The number of unbranched alkanes of at least 4 members (excludes halogenated alkanes) is 1. The normalized spacial score (nSPS) is 9.75. The lowest BCUT2D eigenvalue weighted by Crippen LogP contribution is -2.08. The zero-order valence-electron chi connectivity index (χ0n) is 6.78. The fourth-order valence-electron chi connectivity index (χ4n) is 0.623. The van der Waals surface area contributed by atoms with Crippen LogP contribution in [0.1, 0.15) is 30.4 Å². The van der Waals surface area contributed by atoms with E-state index in [1.165, 1.54) is 0 Å². The fraction of sp³-hybridized carbons (Fsp3) is 0.667. The molecule has 0 spiro atoms. The van der Waals surface area contributed by atoms with E-state index in [0.29, 0.717) is 6.61 Å². The summed E-state index contributed by atoms with van der Waals surface area (Å²) in [6.07, 6.45) is 1.84. The molecule has 1 aromatic heterocycles. The van der Waals surface area contributed by atoms with Gasteiger partial charge in [0.05, 0.1) is 6.61 Å². The minimum absolute atomic E-state index is 0.0473. The largest absolute Gasteiger partial charge is 0.460 e. The first kappa shape index (κ1) is 8.63. The average molecular weight is 170 g/mol. The minimum Gasteiger partial charge on any atom is -0.460 e. The molecule has 0 saturated heterocycles. The van der Waals surface area contributed by atoms with Gasteiger partial charge in [0.15, 0.2) is 0 Å². The summed E-state index contributed by atoms with van der Waals surface area (Å²) in [5.74, 6) is -0.459. The molecule has 0 aromatic carbocycles. The summed E-state index contributed by atoms with van der Waals surface area (Å²) in [5.41, 5.74) is 0. The standard InChI is InChI=1S/C6H10N4O2/c1-2-3-4-12-6(11)5-7-9-10-8-5/h2-4H2,1H3,(H,7,8,9,10). The number of aromatic nitrogens is 4. The van der Waals surface area contributed by atoms with Gasteiger partial charge >= 0.3 is 5.97 Å². The van der Waals surface area contributed by atoms with Crippen molar-refractivity contribution in [1.29, 1.82) is 0 Å². The van der Waals surface area contributed by atoms with Crippen molar-refractivity contribution in [2.24, 2.45) is 0 Å². The molecule has 1 heterocycles. The average Bonchev–Trinajstić information content (AvgIpc) is 2.56. The lowest BCUT2D eigenvalue weighted by atomic mass is 10.4. The summed E-state index contributed by atoms with van der Waals surface area (Å²) in [6, 6.07) is 0. The van der Waals surface area contributed by atoms with Crippen LogP contribution >= 0.6 is 0 Å². The topological polar surface area (TPSA) is 80.8 Å². The highest BCUT2D eigenvalue weighted by atomic mass is 16.5. The van der Waals surface area contributed by atoms with Crippen LogP contribution in [-0.2, 0) is 4.74 Å². The van der Waals surface area contributed by atoms with Crippen molar-refractivity contribution in [3.8, 4) is 0 Å². The van der Waals surface area contributed by atoms with Gasteiger partial charge < -0.3 is 4.74 Å². The van der Waals surface area contributed by atoms with E-state index < -0.39 is 5.97 Å². The Kier molecular flexibility index (Phi) is 3.18. The van der Waals surface area contributed by atoms with E-state index in [9.17, 15) is 4.79 Å². The zero-order valence-corrected chi connectivity index (χ0v) is 6.78. The Morgan fingerprint density at radius 3 is 3.08 bits per heavy atom. The first-order valence-electron chi connectivity index (χ1n) is 3.75. The number of carbonyl (C=O) groups is 1. The van der Waals surface area contributed by atoms with Gasteiger partial charge in [-0.15, -0.1) is 5.10 Å². The van der Waals surface area contributed by atoms with E-state index in [0.717, 1.165) is 12.8 Å². The van der Waals surface area contributed by atoms with Crippen LogP contribution < -0.4 is 0 Å². The number of H-pyrrole nitrogens is 1. The summed E-state index contributed by atoms with van der Waals surface area (Å²) >= 11 is 0. The first-order chi connectivity index (χ1) is 5.84. The third kappa shape index (κ3) is 2.30. The van der Waals surface area contributed by atoms with Crippen LogP contribution in [0, 0.1) is 0 Å². The predicted octanol–water partition coefficient (Wildman–Crippen LogP) is 0.157. The maximum absolute atomic E-state index is 11.0. The maximum Gasteiger partial charge on any atom is 0.377 e. The Labute approximate surface area is 69.3 Å². The lowest BCUT2D eigenvalue weighted by Gasteiger charge is -1.98. The maximum atomic E-state index is 11.0. The molecular formula is C6H10N4O2. The van der Waals surface area contributed by atoms with E-state index in [1.54, 1.807) is 0 Å². The monoisotopic (exact) mass is 170 g/mol. The SMILES string of the molecule is CCCCOC(=O)c1nnn[nH]1. The van der Waals surface area contributed by atoms with Crippen molar-refractivity contribution < 1.29 is 9.53 Å². The van der Waals surface area contributed by atoms with Crippen LogP contribution in [-0.4, -0.2) is 33.2 Å². The quantitative estimate of drug-likeness (QED) is 0.514. The molecule has 0 aliphatic rings. The molecular weight excluding hydrogens is 160 g/mol. The highest BCUT2D eigenvalue weighted by Gasteiger charge is 2.09. The molecule has 6 heteroatoms. The number of aromatic amines is 1. The van der Waals surface area contributed by atoms with Gasteiger partial charge in [0.1, 0.15) is 0 Å². The number of esters is 1. The van der Waals surface area contributed by atoms with Gasteiger partial charge in [-0.05, 0) is 16.8 Å². The Morgan fingerprint density at radius 1 is 1.67 bits per heavy atom. The molecule has 0 radical (unpaired) electrons. The molecule has 66 valence electrons. The zero-order chi connectivity index (χ0) is 8.81. The second-order valence-corrected chi connectivity index (χ2v) is 2.24. The molecule has 0 fully saturated rings. The molecule has 12 heavy (non-hydrogen) atoms. The number of nitrogens with zero attached hydrogens (tertiary/aromatic N) is 3. The van der Waals surface area contributed by atoms with Gasteiger partial charge in [0.2, 0.25) is 0 Å². The Morgan fingerprint density at radius 2 is 2.50 bits per heavy atom. The summed E-state index contributed by atoms with van der Waals surface area (Å²) in [6.45, 7) is 2.43. The molecule has 6 nitrogen and oxygen atoms in total. The van der Waals surface area contributed by atoms with Gasteiger partial charge in [-0.1, -0.05) is 13.3 Å².